The fourth-order valence-corrected chi connectivity index (χ4v) is 3.72. The van der Waals surface area contributed by atoms with Crippen LogP contribution in [0.5, 0.6) is 0 Å². The van der Waals surface area contributed by atoms with Crippen molar-refractivity contribution in [3.63, 3.8) is 0 Å². The highest BCUT2D eigenvalue weighted by atomic mass is 16.3. The first-order valence-corrected chi connectivity index (χ1v) is 8.44. The first-order chi connectivity index (χ1) is 11.3. The molecule has 0 aromatic carbocycles. The van der Waals surface area contributed by atoms with Gasteiger partial charge in [0.25, 0.3) is 5.91 Å². The van der Waals surface area contributed by atoms with E-state index in [9.17, 15) is 4.79 Å². The summed E-state index contributed by atoms with van der Waals surface area (Å²) in [5.41, 5.74) is 2.78. The Hall–Kier alpha value is -2.08. The predicted octanol–water partition coefficient (Wildman–Crippen LogP) is 2.06. The molecular weight excluding hydrogens is 292 g/mol. The van der Waals surface area contributed by atoms with Gasteiger partial charge in [0.15, 0.2) is 5.69 Å². The van der Waals surface area contributed by atoms with E-state index in [-0.39, 0.29) is 11.9 Å². The van der Waals surface area contributed by atoms with Gasteiger partial charge in [0.1, 0.15) is 5.76 Å². The Morgan fingerprint density at radius 1 is 1.35 bits per heavy atom. The van der Waals surface area contributed by atoms with Crippen LogP contribution in [0.4, 0.5) is 0 Å². The second kappa shape index (κ2) is 6.20. The number of aryl methyl sites for hydroxylation is 1. The van der Waals surface area contributed by atoms with Gasteiger partial charge >= 0.3 is 0 Å². The van der Waals surface area contributed by atoms with Crippen molar-refractivity contribution in [3.8, 4) is 0 Å². The fraction of sp³-hybridized carbons (Fsp3) is 0.529. The van der Waals surface area contributed by atoms with Crippen molar-refractivity contribution in [1.82, 2.24) is 20.4 Å². The Labute approximate surface area is 135 Å². The molecule has 1 amide bonds. The van der Waals surface area contributed by atoms with Crippen LogP contribution < -0.4 is 5.32 Å². The predicted molar refractivity (Wildman–Crippen MR) is 85.2 cm³/mol. The van der Waals surface area contributed by atoms with Crippen molar-refractivity contribution in [2.45, 2.75) is 38.1 Å². The van der Waals surface area contributed by atoms with Gasteiger partial charge in [0, 0.05) is 17.8 Å². The summed E-state index contributed by atoms with van der Waals surface area (Å²) in [5.74, 6) is 0.833. The molecule has 4 rings (SSSR count). The van der Waals surface area contributed by atoms with Crippen molar-refractivity contribution < 1.29 is 9.21 Å². The molecule has 0 bridgehead atoms. The maximum absolute atomic E-state index is 12.5. The molecule has 1 saturated heterocycles. The monoisotopic (exact) mass is 314 g/mol. The Kier molecular flexibility index (Phi) is 3.91. The van der Waals surface area contributed by atoms with E-state index in [1.807, 2.05) is 12.1 Å². The number of nitrogens with zero attached hydrogens (tertiary/aromatic N) is 2. The number of rotatable bonds is 5. The summed E-state index contributed by atoms with van der Waals surface area (Å²) >= 11 is 0. The average Bonchev–Trinajstić information content (AvgIpc) is 3.31. The van der Waals surface area contributed by atoms with E-state index in [1.165, 1.54) is 12.8 Å². The van der Waals surface area contributed by atoms with Crippen molar-refractivity contribution in [3.05, 3.63) is 41.1 Å². The molecule has 1 fully saturated rings. The van der Waals surface area contributed by atoms with Crippen molar-refractivity contribution in [2.24, 2.45) is 0 Å². The minimum absolute atomic E-state index is 0.0832. The average molecular weight is 314 g/mol. The number of carbonyl (C=O) groups is 1. The number of hydrogen-bond donors (Lipinski definition) is 2. The lowest BCUT2D eigenvalue weighted by molar-refractivity contribution is 0.0928. The zero-order valence-corrected chi connectivity index (χ0v) is 13.2. The van der Waals surface area contributed by atoms with Crippen LogP contribution in [0.2, 0.25) is 0 Å². The highest BCUT2D eigenvalue weighted by molar-refractivity contribution is 5.94. The summed E-state index contributed by atoms with van der Waals surface area (Å²) < 4.78 is 5.59. The first-order valence-electron chi connectivity index (χ1n) is 8.44. The Bertz CT molecular complexity index is 671. The number of H-pyrrole nitrogens is 1. The second-order valence-corrected chi connectivity index (χ2v) is 6.37. The van der Waals surface area contributed by atoms with Crippen LogP contribution >= 0.6 is 0 Å². The zero-order valence-electron chi connectivity index (χ0n) is 13.2. The molecule has 6 heteroatoms. The summed E-state index contributed by atoms with van der Waals surface area (Å²) in [6.45, 7) is 2.66. The molecule has 1 aliphatic heterocycles. The van der Waals surface area contributed by atoms with Crippen molar-refractivity contribution >= 4 is 5.91 Å². The molecule has 2 N–H and O–H groups in total. The quantitative estimate of drug-likeness (QED) is 0.886. The Balaban J connectivity index is 1.46. The highest BCUT2D eigenvalue weighted by Gasteiger charge is 2.28. The number of furan rings is 1. The van der Waals surface area contributed by atoms with Gasteiger partial charge < -0.3 is 9.73 Å². The van der Waals surface area contributed by atoms with E-state index in [2.05, 4.69) is 20.4 Å². The number of fused-ring (bicyclic) bond motifs is 1. The third kappa shape index (κ3) is 2.79. The van der Waals surface area contributed by atoms with Gasteiger partial charge in [-0.15, -0.1) is 0 Å². The number of nitrogens with one attached hydrogen (secondary N) is 2. The molecule has 122 valence electrons. The molecule has 0 unspecified atom stereocenters. The topological polar surface area (TPSA) is 74.2 Å². The van der Waals surface area contributed by atoms with Crippen LogP contribution in [0.1, 0.15) is 52.8 Å². The van der Waals surface area contributed by atoms with Gasteiger partial charge in [0.05, 0.1) is 12.3 Å². The highest BCUT2D eigenvalue weighted by Crippen LogP contribution is 2.26. The number of carbonyl (C=O) groups excluding carboxylic acids is 1. The molecule has 0 saturated carbocycles. The van der Waals surface area contributed by atoms with E-state index in [4.69, 9.17) is 4.42 Å². The zero-order chi connectivity index (χ0) is 15.6. The van der Waals surface area contributed by atoms with Crippen molar-refractivity contribution in [1.29, 1.82) is 0 Å². The van der Waals surface area contributed by atoms with Crippen LogP contribution in [0.3, 0.4) is 0 Å². The Morgan fingerprint density at radius 2 is 2.22 bits per heavy atom. The summed E-state index contributed by atoms with van der Waals surface area (Å²) in [4.78, 5) is 14.9. The van der Waals surface area contributed by atoms with Gasteiger partial charge in [-0.1, -0.05) is 0 Å². The summed E-state index contributed by atoms with van der Waals surface area (Å²) in [6.07, 6.45) is 7.16. The molecule has 3 heterocycles. The van der Waals surface area contributed by atoms with Crippen LogP contribution in [-0.4, -0.2) is 40.6 Å². The molecular formula is C17H22N4O2. The van der Waals surface area contributed by atoms with Gasteiger partial charge in [-0.2, -0.15) is 5.10 Å². The number of hydrogen-bond acceptors (Lipinski definition) is 4. The lowest BCUT2D eigenvalue weighted by Gasteiger charge is -2.25. The second-order valence-electron chi connectivity index (χ2n) is 6.37. The van der Waals surface area contributed by atoms with Crippen LogP contribution in [0.25, 0.3) is 0 Å². The number of amides is 1. The smallest absolute Gasteiger partial charge is 0.272 e. The molecule has 0 spiro atoms. The van der Waals surface area contributed by atoms with Gasteiger partial charge in [-0.05, 0) is 57.3 Å². The van der Waals surface area contributed by atoms with Crippen LogP contribution in [0.15, 0.2) is 22.8 Å². The lowest BCUT2D eigenvalue weighted by Crippen LogP contribution is -2.37. The largest absolute Gasteiger partial charge is 0.468 e. The van der Waals surface area contributed by atoms with E-state index in [1.54, 1.807) is 6.26 Å². The minimum atomic E-state index is -0.0832. The van der Waals surface area contributed by atoms with Gasteiger partial charge in [0.2, 0.25) is 0 Å². The number of aromatic nitrogens is 2. The van der Waals surface area contributed by atoms with E-state index in [0.29, 0.717) is 12.2 Å². The SMILES string of the molecule is O=C(NC[C@H](c1ccco1)N1CCCC1)c1n[nH]c2c1CCC2. The molecule has 0 radical (unpaired) electrons. The molecule has 1 atom stereocenters. The number of likely N-dealkylation sites (tertiary alicyclic amines) is 1. The van der Waals surface area contributed by atoms with Gasteiger partial charge in [-0.25, -0.2) is 0 Å². The van der Waals surface area contributed by atoms with Crippen LogP contribution in [-0.2, 0) is 12.8 Å². The molecule has 2 aromatic rings. The van der Waals surface area contributed by atoms with Crippen LogP contribution in [0, 0.1) is 0 Å². The van der Waals surface area contributed by atoms with E-state index < -0.39 is 0 Å². The standard InChI is InChI=1S/C17H22N4O2/c22-17(16-12-5-3-6-13(12)19-20-16)18-11-14(15-7-4-10-23-15)21-8-1-2-9-21/h4,7,10,14H,1-3,5-6,8-9,11H2,(H,18,22)(H,19,20)/t14-/m1/s1. The summed E-state index contributed by atoms with van der Waals surface area (Å²) in [5, 5.41) is 10.3. The maximum Gasteiger partial charge on any atom is 0.272 e. The van der Waals surface area contributed by atoms with E-state index >= 15 is 0 Å². The minimum Gasteiger partial charge on any atom is -0.468 e. The normalized spacial score (nSPS) is 19.0. The fourth-order valence-electron chi connectivity index (χ4n) is 3.72. The Morgan fingerprint density at radius 3 is 3.00 bits per heavy atom. The third-order valence-electron chi connectivity index (χ3n) is 4.93. The first kappa shape index (κ1) is 14.5. The lowest BCUT2D eigenvalue weighted by atomic mass is 10.1. The molecule has 1 aliphatic carbocycles. The summed E-state index contributed by atoms with van der Waals surface area (Å²) in [6, 6.07) is 3.99. The molecule has 23 heavy (non-hydrogen) atoms. The molecule has 2 aromatic heterocycles. The third-order valence-corrected chi connectivity index (χ3v) is 4.93. The van der Waals surface area contributed by atoms with E-state index in [0.717, 1.165) is 49.4 Å². The van der Waals surface area contributed by atoms with Gasteiger partial charge in [-0.3, -0.25) is 14.8 Å². The van der Waals surface area contributed by atoms with Crippen molar-refractivity contribution in [2.75, 3.05) is 19.6 Å². The summed E-state index contributed by atoms with van der Waals surface area (Å²) in [7, 11) is 0. The maximum atomic E-state index is 12.5. The molecule has 6 nitrogen and oxygen atoms in total. The number of aromatic amines is 1. The molecule has 2 aliphatic rings.